The molecule has 1 fully saturated rings. The first-order valence-electron chi connectivity index (χ1n) is 5.94. The number of anilines is 1. The maximum atomic E-state index is 12.3. The summed E-state index contributed by atoms with van der Waals surface area (Å²) in [6.45, 7) is 0.254. The SMILES string of the molecule is CN(CC(F)F)c1ccc(Cl)c(CNC2CC2)n1. The lowest BCUT2D eigenvalue weighted by molar-refractivity contribution is 0.156. The van der Waals surface area contributed by atoms with Crippen LogP contribution < -0.4 is 10.2 Å². The summed E-state index contributed by atoms with van der Waals surface area (Å²) in [4.78, 5) is 5.76. The van der Waals surface area contributed by atoms with Crippen molar-refractivity contribution in [2.75, 3.05) is 18.5 Å². The monoisotopic (exact) mass is 275 g/mol. The van der Waals surface area contributed by atoms with Gasteiger partial charge in [0.1, 0.15) is 5.82 Å². The van der Waals surface area contributed by atoms with Gasteiger partial charge in [-0.05, 0) is 25.0 Å². The minimum absolute atomic E-state index is 0.329. The third-order valence-corrected chi connectivity index (χ3v) is 3.19. The van der Waals surface area contributed by atoms with E-state index in [1.807, 2.05) is 0 Å². The second kappa shape index (κ2) is 5.80. The van der Waals surface area contributed by atoms with Crippen LogP contribution in [0.4, 0.5) is 14.6 Å². The van der Waals surface area contributed by atoms with E-state index in [9.17, 15) is 8.78 Å². The zero-order valence-electron chi connectivity index (χ0n) is 10.2. The van der Waals surface area contributed by atoms with Gasteiger partial charge in [0.2, 0.25) is 0 Å². The quantitative estimate of drug-likeness (QED) is 0.865. The second-order valence-corrected chi connectivity index (χ2v) is 4.93. The van der Waals surface area contributed by atoms with E-state index in [1.165, 1.54) is 17.7 Å². The molecule has 0 saturated heterocycles. The van der Waals surface area contributed by atoms with Crippen molar-refractivity contribution in [2.45, 2.75) is 31.9 Å². The largest absolute Gasteiger partial charge is 0.354 e. The molecule has 6 heteroatoms. The summed E-state index contributed by atoms with van der Waals surface area (Å²) >= 11 is 6.04. The molecule has 0 spiro atoms. The number of hydrogen-bond donors (Lipinski definition) is 1. The maximum absolute atomic E-state index is 12.3. The van der Waals surface area contributed by atoms with Crippen molar-refractivity contribution in [1.29, 1.82) is 0 Å². The molecule has 1 saturated carbocycles. The van der Waals surface area contributed by atoms with Gasteiger partial charge in [-0.15, -0.1) is 0 Å². The van der Waals surface area contributed by atoms with E-state index in [4.69, 9.17) is 11.6 Å². The number of alkyl halides is 2. The van der Waals surface area contributed by atoms with E-state index in [1.54, 1.807) is 19.2 Å². The Hall–Kier alpha value is -0.940. The molecule has 1 aliphatic rings. The molecular formula is C12H16ClF2N3. The first kappa shape index (κ1) is 13.5. The molecule has 1 heterocycles. The Morgan fingerprint density at radius 3 is 2.83 bits per heavy atom. The third-order valence-electron chi connectivity index (χ3n) is 2.84. The van der Waals surface area contributed by atoms with Gasteiger partial charge in [0.05, 0.1) is 17.3 Å². The summed E-state index contributed by atoms with van der Waals surface area (Å²) in [7, 11) is 1.60. The fourth-order valence-electron chi connectivity index (χ4n) is 1.64. The van der Waals surface area contributed by atoms with Crippen LogP contribution >= 0.6 is 11.6 Å². The zero-order chi connectivity index (χ0) is 13.1. The van der Waals surface area contributed by atoms with Crippen LogP contribution in [0.25, 0.3) is 0 Å². The highest BCUT2D eigenvalue weighted by molar-refractivity contribution is 6.31. The minimum Gasteiger partial charge on any atom is -0.354 e. The van der Waals surface area contributed by atoms with Crippen LogP contribution in [-0.2, 0) is 6.54 Å². The first-order chi connectivity index (χ1) is 8.56. The van der Waals surface area contributed by atoms with E-state index in [0.29, 0.717) is 29.1 Å². The summed E-state index contributed by atoms with van der Waals surface area (Å²) in [6.07, 6.45) is -0.00826. The Bertz CT molecular complexity index is 410. The van der Waals surface area contributed by atoms with Gasteiger partial charge in [-0.2, -0.15) is 0 Å². The Balaban J connectivity index is 2.03. The molecule has 2 rings (SSSR count). The average Bonchev–Trinajstić information content (AvgIpc) is 3.10. The molecule has 1 aromatic rings. The van der Waals surface area contributed by atoms with Crippen molar-refractivity contribution >= 4 is 17.4 Å². The normalized spacial score (nSPS) is 15.2. The number of aromatic nitrogens is 1. The molecule has 1 N–H and O–H groups in total. The summed E-state index contributed by atoms with van der Waals surface area (Å²) in [6, 6.07) is 3.92. The topological polar surface area (TPSA) is 28.2 Å². The van der Waals surface area contributed by atoms with Crippen LogP contribution in [0.15, 0.2) is 12.1 Å². The molecule has 1 aromatic heterocycles. The predicted octanol–water partition coefficient (Wildman–Crippen LogP) is 2.69. The minimum atomic E-state index is -2.37. The Morgan fingerprint density at radius 1 is 1.50 bits per heavy atom. The van der Waals surface area contributed by atoms with Gasteiger partial charge < -0.3 is 10.2 Å². The fourth-order valence-corrected chi connectivity index (χ4v) is 1.81. The zero-order valence-corrected chi connectivity index (χ0v) is 10.9. The Kier molecular flexibility index (Phi) is 4.35. The lowest BCUT2D eigenvalue weighted by Crippen LogP contribution is -2.25. The molecule has 0 unspecified atom stereocenters. The molecule has 3 nitrogen and oxygen atoms in total. The molecule has 100 valence electrons. The lowest BCUT2D eigenvalue weighted by Gasteiger charge is -2.18. The standard InChI is InChI=1S/C12H16ClF2N3/c1-18(7-11(14)15)12-5-4-9(13)10(17-12)6-16-8-2-3-8/h4-5,8,11,16H,2-3,6-7H2,1H3. The molecule has 0 atom stereocenters. The summed E-state index contributed by atoms with van der Waals surface area (Å²) in [5.41, 5.74) is 0.710. The highest BCUT2D eigenvalue weighted by Crippen LogP contribution is 2.22. The number of nitrogens with zero attached hydrogens (tertiary/aromatic N) is 2. The molecule has 1 aliphatic carbocycles. The van der Waals surface area contributed by atoms with E-state index < -0.39 is 6.43 Å². The van der Waals surface area contributed by atoms with Crippen molar-refractivity contribution in [3.63, 3.8) is 0 Å². The van der Waals surface area contributed by atoms with E-state index in [0.717, 1.165) is 0 Å². The highest BCUT2D eigenvalue weighted by atomic mass is 35.5. The van der Waals surface area contributed by atoms with E-state index in [2.05, 4.69) is 10.3 Å². The molecule has 0 amide bonds. The highest BCUT2D eigenvalue weighted by Gasteiger charge is 2.21. The first-order valence-corrected chi connectivity index (χ1v) is 6.32. The van der Waals surface area contributed by atoms with Crippen molar-refractivity contribution in [2.24, 2.45) is 0 Å². The number of rotatable bonds is 6. The fraction of sp³-hybridized carbons (Fsp3) is 0.583. The summed E-state index contributed by atoms with van der Waals surface area (Å²) in [5, 5.41) is 3.87. The molecule has 0 radical (unpaired) electrons. The van der Waals surface area contributed by atoms with Gasteiger partial charge in [0.25, 0.3) is 6.43 Å². The molecule has 18 heavy (non-hydrogen) atoms. The van der Waals surface area contributed by atoms with Crippen LogP contribution in [0.5, 0.6) is 0 Å². The van der Waals surface area contributed by atoms with E-state index >= 15 is 0 Å². The number of halogens is 3. The van der Waals surface area contributed by atoms with Crippen molar-refractivity contribution in [1.82, 2.24) is 10.3 Å². The summed E-state index contributed by atoms with van der Waals surface area (Å²) in [5.74, 6) is 0.521. The van der Waals surface area contributed by atoms with Crippen molar-refractivity contribution in [3.05, 3.63) is 22.8 Å². The number of pyridine rings is 1. The van der Waals surface area contributed by atoms with Crippen LogP contribution in [0.1, 0.15) is 18.5 Å². The van der Waals surface area contributed by atoms with Gasteiger partial charge in [-0.25, -0.2) is 13.8 Å². The molecule has 0 aromatic carbocycles. The average molecular weight is 276 g/mol. The number of nitrogens with one attached hydrogen (secondary N) is 1. The van der Waals surface area contributed by atoms with Crippen LogP contribution in [0.3, 0.4) is 0 Å². The van der Waals surface area contributed by atoms with E-state index in [-0.39, 0.29) is 6.54 Å². The molecule has 0 bridgehead atoms. The van der Waals surface area contributed by atoms with Gasteiger partial charge >= 0.3 is 0 Å². The second-order valence-electron chi connectivity index (χ2n) is 4.52. The Labute approximate surface area is 110 Å². The van der Waals surface area contributed by atoms with Gasteiger partial charge in [-0.1, -0.05) is 11.6 Å². The third kappa shape index (κ3) is 3.78. The van der Waals surface area contributed by atoms with Crippen molar-refractivity contribution in [3.8, 4) is 0 Å². The van der Waals surface area contributed by atoms with Crippen LogP contribution in [-0.4, -0.2) is 31.0 Å². The number of hydrogen-bond acceptors (Lipinski definition) is 3. The molecule has 0 aliphatic heterocycles. The predicted molar refractivity (Wildman–Crippen MR) is 68.4 cm³/mol. The van der Waals surface area contributed by atoms with Crippen molar-refractivity contribution < 1.29 is 8.78 Å². The lowest BCUT2D eigenvalue weighted by atomic mass is 10.3. The van der Waals surface area contributed by atoms with Gasteiger partial charge in [0.15, 0.2) is 0 Å². The van der Waals surface area contributed by atoms with Crippen LogP contribution in [0, 0.1) is 0 Å². The van der Waals surface area contributed by atoms with Gasteiger partial charge in [-0.3, -0.25) is 0 Å². The Morgan fingerprint density at radius 2 is 2.22 bits per heavy atom. The molecular weight excluding hydrogens is 260 g/mol. The maximum Gasteiger partial charge on any atom is 0.255 e. The van der Waals surface area contributed by atoms with Gasteiger partial charge in [0, 0.05) is 19.6 Å². The smallest absolute Gasteiger partial charge is 0.255 e. The summed E-state index contributed by atoms with van der Waals surface area (Å²) < 4.78 is 24.6. The van der Waals surface area contributed by atoms with Crippen LogP contribution in [0.2, 0.25) is 5.02 Å².